The van der Waals surface area contributed by atoms with Crippen LogP contribution < -0.4 is 10.2 Å². The van der Waals surface area contributed by atoms with E-state index in [1.807, 2.05) is 6.07 Å². The molecule has 0 unspecified atom stereocenters. The van der Waals surface area contributed by atoms with Crippen LogP contribution in [0.1, 0.15) is 26.5 Å². The number of rotatable bonds is 4. The molecule has 1 aliphatic rings. The Bertz CT molecular complexity index is 1130. The van der Waals surface area contributed by atoms with Gasteiger partial charge in [0.05, 0.1) is 21.8 Å². The number of hydrogen-bond donors (Lipinski definition) is 1. The van der Waals surface area contributed by atoms with Crippen molar-refractivity contribution >= 4 is 40.5 Å². The number of benzene rings is 2. The van der Waals surface area contributed by atoms with Gasteiger partial charge < -0.3 is 14.6 Å². The van der Waals surface area contributed by atoms with Gasteiger partial charge in [0.15, 0.2) is 5.76 Å². The van der Waals surface area contributed by atoms with E-state index in [9.17, 15) is 19.7 Å². The highest BCUT2D eigenvalue weighted by Crippen LogP contribution is 2.32. The summed E-state index contributed by atoms with van der Waals surface area (Å²) in [5, 5.41) is 13.5. The molecular formula is C20H14ClN3O5. The number of nitro groups is 1. The topological polar surface area (TPSA) is 106 Å². The average Bonchev–Trinajstić information content (AvgIpc) is 3.37. The first-order chi connectivity index (χ1) is 13.9. The van der Waals surface area contributed by atoms with Gasteiger partial charge in [0.25, 0.3) is 17.5 Å². The lowest BCUT2D eigenvalue weighted by Gasteiger charge is -2.17. The van der Waals surface area contributed by atoms with Crippen LogP contribution >= 0.6 is 11.6 Å². The zero-order valence-electron chi connectivity index (χ0n) is 14.9. The van der Waals surface area contributed by atoms with Gasteiger partial charge in [-0.15, -0.1) is 0 Å². The third-order valence-corrected chi connectivity index (χ3v) is 4.94. The Morgan fingerprint density at radius 3 is 2.69 bits per heavy atom. The summed E-state index contributed by atoms with van der Waals surface area (Å²) in [5.41, 5.74) is 2.06. The van der Waals surface area contributed by atoms with Gasteiger partial charge in [-0.25, -0.2) is 0 Å². The molecular weight excluding hydrogens is 398 g/mol. The molecule has 4 rings (SSSR count). The molecule has 1 aliphatic heterocycles. The summed E-state index contributed by atoms with van der Waals surface area (Å²) < 4.78 is 5.19. The van der Waals surface area contributed by atoms with Crippen LogP contribution in [0.3, 0.4) is 0 Å². The van der Waals surface area contributed by atoms with Crippen molar-refractivity contribution in [3.05, 3.63) is 86.8 Å². The SMILES string of the molecule is O=C(Nc1ccc2c(c1)N(C(=O)c1ccco1)CC2)c1ccc([N+](=O)[O-])cc1Cl. The minimum atomic E-state index is -0.585. The van der Waals surface area contributed by atoms with E-state index in [-0.39, 0.29) is 27.9 Å². The second kappa shape index (κ2) is 7.40. The number of carbonyl (C=O) groups is 2. The van der Waals surface area contributed by atoms with Crippen molar-refractivity contribution in [2.24, 2.45) is 0 Å². The summed E-state index contributed by atoms with van der Waals surface area (Å²) in [6.45, 7) is 0.514. The number of anilines is 2. The van der Waals surface area contributed by atoms with Gasteiger partial charge >= 0.3 is 0 Å². The van der Waals surface area contributed by atoms with E-state index in [0.29, 0.717) is 24.3 Å². The van der Waals surface area contributed by atoms with Gasteiger partial charge in [0, 0.05) is 30.1 Å². The van der Waals surface area contributed by atoms with E-state index in [4.69, 9.17) is 16.0 Å². The van der Waals surface area contributed by atoms with Crippen LogP contribution in [0.15, 0.2) is 59.2 Å². The molecule has 1 N–H and O–H groups in total. The third kappa shape index (κ3) is 3.57. The zero-order valence-corrected chi connectivity index (χ0v) is 15.7. The number of hydrogen-bond acceptors (Lipinski definition) is 5. The van der Waals surface area contributed by atoms with Crippen LogP contribution in [0.5, 0.6) is 0 Å². The van der Waals surface area contributed by atoms with E-state index in [0.717, 1.165) is 11.6 Å². The van der Waals surface area contributed by atoms with Crippen molar-refractivity contribution in [2.75, 3.05) is 16.8 Å². The first kappa shape index (κ1) is 18.7. The van der Waals surface area contributed by atoms with Crippen LogP contribution in [0.2, 0.25) is 5.02 Å². The molecule has 29 heavy (non-hydrogen) atoms. The van der Waals surface area contributed by atoms with Gasteiger partial charge in [-0.2, -0.15) is 0 Å². The molecule has 1 aromatic heterocycles. The smallest absolute Gasteiger partial charge is 0.293 e. The summed E-state index contributed by atoms with van der Waals surface area (Å²) >= 11 is 6.02. The number of nitro benzene ring substituents is 1. The Labute approximate surface area is 169 Å². The summed E-state index contributed by atoms with van der Waals surface area (Å²) in [4.78, 5) is 37.0. The predicted molar refractivity (Wildman–Crippen MR) is 107 cm³/mol. The molecule has 0 fully saturated rings. The largest absolute Gasteiger partial charge is 0.459 e. The molecule has 0 radical (unpaired) electrons. The van der Waals surface area contributed by atoms with E-state index >= 15 is 0 Å². The third-order valence-electron chi connectivity index (χ3n) is 4.62. The van der Waals surface area contributed by atoms with Gasteiger partial charge in [-0.1, -0.05) is 17.7 Å². The molecule has 9 heteroatoms. The van der Waals surface area contributed by atoms with Gasteiger partial charge in [0.2, 0.25) is 0 Å². The minimum absolute atomic E-state index is 0.0208. The van der Waals surface area contributed by atoms with Crippen LogP contribution in [0, 0.1) is 10.1 Å². The summed E-state index contributed by atoms with van der Waals surface area (Å²) in [6, 6.07) is 12.2. The Morgan fingerprint density at radius 2 is 2.00 bits per heavy atom. The highest BCUT2D eigenvalue weighted by Gasteiger charge is 2.27. The molecule has 2 heterocycles. The van der Waals surface area contributed by atoms with Crippen LogP contribution in [0.25, 0.3) is 0 Å². The maximum Gasteiger partial charge on any atom is 0.293 e. The molecule has 0 spiro atoms. The molecule has 8 nitrogen and oxygen atoms in total. The Hall–Kier alpha value is -3.65. The van der Waals surface area contributed by atoms with Crippen molar-refractivity contribution in [3.8, 4) is 0 Å². The summed E-state index contributed by atoms with van der Waals surface area (Å²) in [5.74, 6) is -0.521. The lowest BCUT2D eigenvalue weighted by molar-refractivity contribution is -0.384. The van der Waals surface area contributed by atoms with Crippen LogP contribution in [-0.4, -0.2) is 23.3 Å². The molecule has 0 aliphatic carbocycles. The van der Waals surface area contributed by atoms with E-state index < -0.39 is 10.8 Å². The number of nitrogens with one attached hydrogen (secondary N) is 1. The molecule has 2 amide bonds. The number of halogens is 1. The lowest BCUT2D eigenvalue weighted by Crippen LogP contribution is -2.28. The van der Waals surface area contributed by atoms with Gasteiger partial charge in [-0.3, -0.25) is 19.7 Å². The number of nitrogens with zero attached hydrogens (tertiary/aromatic N) is 2. The standard InChI is InChI=1S/C20H14ClN3O5/c21-16-11-14(24(27)28)5-6-15(16)19(25)22-13-4-3-12-7-8-23(17(12)10-13)20(26)18-2-1-9-29-18/h1-6,9-11H,7-8H2,(H,22,25). The fraction of sp³-hybridized carbons (Fsp3) is 0.100. The second-order valence-electron chi connectivity index (χ2n) is 6.40. The zero-order chi connectivity index (χ0) is 20.5. The molecule has 3 aromatic rings. The molecule has 0 atom stereocenters. The number of furan rings is 1. The van der Waals surface area contributed by atoms with Crippen molar-refractivity contribution in [3.63, 3.8) is 0 Å². The van der Waals surface area contributed by atoms with Crippen molar-refractivity contribution in [1.82, 2.24) is 0 Å². The summed E-state index contributed by atoms with van der Waals surface area (Å²) in [6.07, 6.45) is 2.14. The van der Waals surface area contributed by atoms with Crippen molar-refractivity contribution in [2.45, 2.75) is 6.42 Å². The maximum absolute atomic E-state index is 12.6. The van der Waals surface area contributed by atoms with E-state index in [1.54, 1.807) is 29.2 Å². The Balaban J connectivity index is 1.57. The number of carbonyl (C=O) groups excluding carboxylic acids is 2. The summed E-state index contributed by atoms with van der Waals surface area (Å²) in [7, 11) is 0. The fourth-order valence-corrected chi connectivity index (χ4v) is 3.46. The maximum atomic E-state index is 12.6. The monoisotopic (exact) mass is 411 g/mol. The Morgan fingerprint density at radius 1 is 1.17 bits per heavy atom. The van der Waals surface area contributed by atoms with Crippen molar-refractivity contribution < 1.29 is 18.9 Å². The van der Waals surface area contributed by atoms with Crippen molar-refractivity contribution in [1.29, 1.82) is 0 Å². The normalized spacial score (nSPS) is 12.5. The first-order valence-electron chi connectivity index (χ1n) is 8.67. The van der Waals surface area contributed by atoms with Gasteiger partial charge in [-0.05, 0) is 42.3 Å². The number of amides is 2. The Kier molecular flexibility index (Phi) is 4.77. The number of fused-ring (bicyclic) bond motifs is 1. The quantitative estimate of drug-likeness (QED) is 0.509. The fourth-order valence-electron chi connectivity index (χ4n) is 3.20. The molecule has 0 bridgehead atoms. The van der Waals surface area contributed by atoms with E-state index in [2.05, 4.69) is 5.32 Å². The predicted octanol–water partition coefficient (Wildman–Crippen LogP) is 4.30. The first-order valence-corrected chi connectivity index (χ1v) is 9.05. The minimum Gasteiger partial charge on any atom is -0.459 e. The van der Waals surface area contributed by atoms with E-state index in [1.165, 1.54) is 18.4 Å². The second-order valence-corrected chi connectivity index (χ2v) is 6.81. The highest BCUT2D eigenvalue weighted by molar-refractivity contribution is 6.34. The lowest BCUT2D eigenvalue weighted by atomic mass is 10.1. The molecule has 146 valence electrons. The highest BCUT2D eigenvalue weighted by atomic mass is 35.5. The van der Waals surface area contributed by atoms with Crippen LogP contribution in [-0.2, 0) is 6.42 Å². The average molecular weight is 412 g/mol. The molecule has 0 saturated heterocycles. The molecule has 0 saturated carbocycles. The number of non-ortho nitro benzene ring substituents is 1. The van der Waals surface area contributed by atoms with Crippen LogP contribution in [0.4, 0.5) is 17.1 Å². The van der Waals surface area contributed by atoms with Gasteiger partial charge in [0.1, 0.15) is 0 Å². The molecule has 2 aromatic carbocycles.